The maximum Gasteiger partial charge on any atom is 0.0626 e. The van der Waals surface area contributed by atoms with Crippen LogP contribution in [0.25, 0.3) is 0 Å². The minimum Gasteiger partial charge on any atom is -0.392 e. The number of rotatable bonds is 6. The monoisotopic (exact) mass is 338 g/mol. The highest BCUT2D eigenvalue weighted by atomic mass is 16.3. The molecule has 0 amide bonds. The molecule has 2 N–H and O–H groups in total. The lowest BCUT2D eigenvalue weighted by molar-refractivity contribution is -0.0770. The van der Waals surface area contributed by atoms with Crippen LogP contribution in [-0.2, 0) is 0 Å². The third-order valence-electron chi connectivity index (χ3n) is 7.74. The van der Waals surface area contributed by atoms with Crippen molar-refractivity contribution in [2.24, 2.45) is 35.5 Å². The average Bonchev–Trinajstić information content (AvgIpc) is 2.84. The zero-order chi connectivity index (χ0) is 17.7. The van der Waals surface area contributed by atoms with E-state index in [2.05, 4.69) is 27.7 Å². The molecule has 0 spiro atoms. The van der Waals surface area contributed by atoms with Gasteiger partial charge in [0.05, 0.1) is 12.2 Å². The second-order valence-electron chi connectivity index (χ2n) is 8.66. The van der Waals surface area contributed by atoms with E-state index in [1.54, 1.807) is 0 Å². The summed E-state index contributed by atoms with van der Waals surface area (Å²) in [6.45, 7) is 9.05. The van der Waals surface area contributed by atoms with Crippen LogP contribution < -0.4 is 0 Å². The minimum absolute atomic E-state index is 0.117. The molecule has 0 aromatic rings. The third-order valence-corrected chi connectivity index (χ3v) is 7.74. The van der Waals surface area contributed by atoms with E-state index in [4.69, 9.17) is 0 Å². The van der Waals surface area contributed by atoms with Gasteiger partial charge in [0.25, 0.3) is 0 Å². The number of hydrogen-bond donors (Lipinski definition) is 2. The summed E-state index contributed by atoms with van der Waals surface area (Å²) < 4.78 is 0. The number of hydrogen-bond acceptors (Lipinski definition) is 2. The summed E-state index contributed by atoms with van der Waals surface area (Å²) in [6.07, 6.45) is 11.2. The van der Waals surface area contributed by atoms with Gasteiger partial charge in [-0.2, -0.15) is 0 Å². The summed E-state index contributed by atoms with van der Waals surface area (Å²) >= 11 is 0. The predicted octanol–water partition coefficient (Wildman–Crippen LogP) is 5.41. The Morgan fingerprint density at radius 2 is 1.04 bits per heavy atom. The van der Waals surface area contributed by atoms with Crippen LogP contribution in [0.5, 0.6) is 0 Å². The zero-order valence-corrected chi connectivity index (χ0v) is 16.6. The van der Waals surface area contributed by atoms with Crippen molar-refractivity contribution >= 4 is 0 Å². The molecule has 2 rings (SSSR count). The predicted molar refractivity (Wildman–Crippen MR) is 102 cm³/mol. The molecule has 4 unspecified atom stereocenters. The molecule has 0 radical (unpaired) electrons. The average molecular weight is 339 g/mol. The molecule has 0 saturated heterocycles. The lowest BCUT2D eigenvalue weighted by Crippen LogP contribution is -2.45. The Morgan fingerprint density at radius 1 is 0.667 bits per heavy atom. The highest BCUT2D eigenvalue weighted by Gasteiger charge is 2.46. The summed E-state index contributed by atoms with van der Waals surface area (Å²) in [5.74, 6) is 2.66. The van der Waals surface area contributed by atoms with E-state index in [0.717, 1.165) is 38.5 Å². The van der Waals surface area contributed by atoms with E-state index in [-0.39, 0.29) is 18.1 Å². The first kappa shape index (κ1) is 20.2. The van der Waals surface area contributed by atoms with Crippen LogP contribution in [0.1, 0.15) is 91.9 Å². The van der Waals surface area contributed by atoms with Gasteiger partial charge < -0.3 is 10.2 Å². The molecule has 0 heterocycles. The maximum atomic E-state index is 11.4. The van der Waals surface area contributed by atoms with Crippen molar-refractivity contribution in [1.29, 1.82) is 0 Å². The number of fused-ring (bicyclic) bond motifs is 1. The van der Waals surface area contributed by atoms with Crippen molar-refractivity contribution in [3.63, 3.8) is 0 Å². The van der Waals surface area contributed by atoms with Gasteiger partial charge in [0, 0.05) is 5.92 Å². The standard InChI is InChI=1S/C22H42O2/c1-5-15(6-2)18-13-9-11-17-12-10-14-19(16(7-3)8-4)22(24)20(17)21(18)23/h15-24H,5-14H2,1-4H3/t17?,18-,19+,20?,21?,22?. The Balaban J connectivity index is 2.26. The van der Waals surface area contributed by atoms with E-state index in [1.807, 2.05) is 0 Å². The summed E-state index contributed by atoms with van der Waals surface area (Å²) in [7, 11) is 0. The summed E-state index contributed by atoms with van der Waals surface area (Å²) in [5, 5.41) is 22.7. The van der Waals surface area contributed by atoms with Gasteiger partial charge in [-0.15, -0.1) is 0 Å². The smallest absolute Gasteiger partial charge is 0.0626 e. The molecule has 0 aromatic heterocycles. The van der Waals surface area contributed by atoms with Gasteiger partial charge in [-0.25, -0.2) is 0 Å². The van der Waals surface area contributed by atoms with Crippen LogP contribution in [0.4, 0.5) is 0 Å². The molecule has 2 heteroatoms. The van der Waals surface area contributed by atoms with Crippen LogP contribution in [0.15, 0.2) is 0 Å². The van der Waals surface area contributed by atoms with Gasteiger partial charge in [-0.3, -0.25) is 0 Å². The van der Waals surface area contributed by atoms with E-state index >= 15 is 0 Å². The molecule has 2 fully saturated rings. The largest absolute Gasteiger partial charge is 0.392 e. The SMILES string of the molecule is CCC(CC)[C@H]1CCCC2CCC[C@@H](C(CC)CC)C(O)C2C1O. The number of aliphatic hydroxyl groups excluding tert-OH is 2. The second-order valence-corrected chi connectivity index (χ2v) is 8.66. The van der Waals surface area contributed by atoms with Crippen molar-refractivity contribution in [1.82, 2.24) is 0 Å². The van der Waals surface area contributed by atoms with Gasteiger partial charge in [0.1, 0.15) is 0 Å². The van der Waals surface area contributed by atoms with Crippen LogP contribution in [0.2, 0.25) is 0 Å². The highest BCUT2D eigenvalue weighted by Crippen LogP contribution is 2.47. The van der Waals surface area contributed by atoms with Gasteiger partial charge in [0.15, 0.2) is 0 Å². The van der Waals surface area contributed by atoms with Gasteiger partial charge in [-0.1, -0.05) is 66.2 Å². The Hall–Kier alpha value is -0.0800. The Morgan fingerprint density at radius 3 is 1.38 bits per heavy atom. The molecule has 24 heavy (non-hydrogen) atoms. The van der Waals surface area contributed by atoms with Crippen molar-refractivity contribution in [3.05, 3.63) is 0 Å². The maximum absolute atomic E-state index is 11.4. The fraction of sp³-hybridized carbons (Fsp3) is 1.00. The first-order chi connectivity index (χ1) is 11.6. The summed E-state index contributed by atoms with van der Waals surface area (Å²) in [4.78, 5) is 0. The molecule has 0 bridgehead atoms. The van der Waals surface area contributed by atoms with Crippen LogP contribution >= 0.6 is 0 Å². The van der Waals surface area contributed by atoms with Crippen molar-refractivity contribution in [2.45, 2.75) is 104 Å². The normalized spacial score (nSPS) is 38.0. The molecular weight excluding hydrogens is 296 g/mol. The van der Waals surface area contributed by atoms with Crippen LogP contribution in [0.3, 0.4) is 0 Å². The summed E-state index contributed by atoms with van der Waals surface area (Å²) in [5.41, 5.74) is 0. The van der Waals surface area contributed by atoms with Gasteiger partial charge in [0.2, 0.25) is 0 Å². The van der Waals surface area contributed by atoms with Crippen LogP contribution in [0, 0.1) is 35.5 Å². The van der Waals surface area contributed by atoms with Crippen LogP contribution in [-0.4, -0.2) is 22.4 Å². The molecule has 0 aromatic carbocycles. The summed E-state index contributed by atoms with van der Waals surface area (Å²) in [6, 6.07) is 0. The Labute approximate surface area is 150 Å². The molecular formula is C22H42O2. The van der Waals surface area contributed by atoms with Gasteiger partial charge >= 0.3 is 0 Å². The van der Waals surface area contributed by atoms with E-state index in [0.29, 0.717) is 29.6 Å². The second kappa shape index (κ2) is 9.57. The quantitative estimate of drug-likeness (QED) is 0.679. The van der Waals surface area contributed by atoms with E-state index in [9.17, 15) is 10.2 Å². The lowest BCUT2D eigenvalue weighted by Gasteiger charge is -2.40. The molecule has 6 atom stereocenters. The molecule has 2 nitrogen and oxygen atoms in total. The first-order valence-electron chi connectivity index (χ1n) is 10.9. The molecule has 2 aliphatic rings. The molecule has 142 valence electrons. The van der Waals surface area contributed by atoms with Crippen molar-refractivity contribution < 1.29 is 10.2 Å². The van der Waals surface area contributed by atoms with Crippen molar-refractivity contribution in [2.75, 3.05) is 0 Å². The van der Waals surface area contributed by atoms with Gasteiger partial charge in [-0.05, 0) is 55.3 Å². The molecule has 2 saturated carbocycles. The van der Waals surface area contributed by atoms with E-state index in [1.165, 1.54) is 25.7 Å². The highest BCUT2D eigenvalue weighted by molar-refractivity contribution is 4.96. The van der Waals surface area contributed by atoms with Crippen molar-refractivity contribution in [3.8, 4) is 0 Å². The topological polar surface area (TPSA) is 40.5 Å². The molecule has 0 aliphatic heterocycles. The first-order valence-corrected chi connectivity index (χ1v) is 10.9. The Bertz CT molecular complexity index is 316. The minimum atomic E-state index is -0.299. The molecule has 2 aliphatic carbocycles. The van der Waals surface area contributed by atoms with E-state index < -0.39 is 0 Å². The third kappa shape index (κ3) is 4.18. The fourth-order valence-electron chi connectivity index (χ4n) is 6.25. The lowest BCUT2D eigenvalue weighted by atomic mass is 9.70. The fourth-order valence-corrected chi connectivity index (χ4v) is 6.25. The number of aliphatic hydroxyl groups is 2. The Kier molecular flexibility index (Phi) is 8.07. The zero-order valence-electron chi connectivity index (χ0n) is 16.6.